The molecule has 0 aromatic rings. The first kappa shape index (κ1) is 41.6. The predicted molar refractivity (Wildman–Crippen MR) is 182 cm³/mol. The summed E-state index contributed by atoms with van der Waals surface area (Å²) in [6.07, 6.45) is 5.44. The van der Waals surface area contributed by atoms with Gasteiger partial charge in [-0.2, -0.15) is 0 Å². The van der Waals surface area contributed by atoms with Crippen LogP contribution in [-0.4, -0.2) is 128 Å². The molecule has 3 rings (SSSR count). The average molecular weight is 728 g/mol. The summed E-state index contributed by atoms with van der Waals surface area (Å²) in [5, 5.41) is 0. The summed E-state index contributed by atoms with van der Waals surface area (Å²) in [5.74, 6) is 0. The van der Waals surface area contributed by atoms with Crippen LogP contribution in [0.15, 0.2) is 0 Å². The molecule has 0 aromatic carbocycles. The summed E-state index contributed by atoms with van der Waals surface area (Å²) in [5.41, 5.74) is 6.44. The molecule has 0 radical (unpaired) electrons. The Hall–Kier alpha value is 0.131. The third-order valence-corrected chi connectivity index (χ3v) is 24.1. The van der Waals surface area contributed by atoms with Gasteiger partial charge in [0, 0.05) is 42.7 Å². The van der Waals surface area contributed by atoms with Gasteiger partial charge in [0.05, 0.1) is 38.1 Å². The fraction of sp³-hybridized carbons (Fsp3) is 1.00. The first-order valence-corrected chi connectivity index (χ1v) is 22.6. The molecular formula is C31H65NO12Si3. The van der Waals surface area contributed by atoms with Crippen LogP contribution in [-0.2, 0) is 54.0 Å². The van der Waals surface area contributed by atoms with E-state index in [4.69, 9.17) is 59.8 Å². The highest BCUT2D eigenvalue weighted by molar-refractivity contribution is 7.02. The van der Waals surface area contributed by atoms with Crippen molar-refractivity contribution in [2.75, 3.05) is 62.5 Å². The molecule has 0 bridgehead atoms. The van der Waals surface area contributed by atoms with Crippen molar-refractivity contribution in [1.82, 2.24) is 0 Å². The highest BCUT2D eigenvalue weighted by Gasteiger charge is 2.89. The van der Waals surface area contributed by atoms with E-state index >= 15 is 0 Å². The molecular weight excluding hydrogens is 663 g/mol. The third kappa shape index (κ3) is 7.27. The van der Waals surface area contributed by atoms with Crippen LogP contribution in [0.1, 0.15) is 99.3 Å². The lowest BCUT2D eigenvalue weighted by Gasteiger charge is -2.54. The molecule has 0 saturated carbocycles. The Balaban J connectivity index is 2.36. The first-order chi connectivity index (χ1) is 22.4. The van der Waals surface area contributed by atoms with Gasteiger partial charge in [-0.1, -0.05) is 60.8 Å². The van der Waals surface area contributed by atoms with E-state index in [-0.39, 0.29) is 0 Å². The van der Waals surface area contributed by atoms with Crippen LogP contribution in [0.5, 0.6) is 0 Å². The van der Waals surface area contributed by atoms with Gasteiger partial charge in [-0.15, -0.1) is 0 Å². The molecule has 6 atom stereocenters. The number of epoxide rings is 3. The second kappa shape index (κ2) is 16.6. The van der Waals surface area contributed by atoms with Crippen LogP contribution in [0.4, 0.5) is 0 Å². The minimum absolute atomic E-state index is 0.423. The Labute approximate surface area is 287 Å². The van der Waals surface area contributed by atoms with Gasteiger partial charge < -0.3 is 59.8 Å². The van der Waals surface area contributed by atoms with Gasteiger partial charge in [0.1, 0.15) is 16.8 Å². The molecule has 47 heavy (non-hydrogen) atoms. The molecule has 3 fully saturated rings. The topological polar surface area (TPSA) is 147 Å². The smallest absolute Gasteiger partial charge is 0.376 e. The monoisotopic (exact) mass is 727 g/mol. The Morgan fingerprint density at radius 2 is 0.723 bits per heavy atom. The Bertz CT molecular complexity index is 839. The fourth-order valence-corrected chi connectivity index (χ4v) is 22.0. The molecule has 278 valence electrons. The zero-order valence-corrected chi connectivity index (χ0v) is 34.2. The second-order valence-electron chi connectivity index (χ2n) is 13.0. The van der Waals surface area contributed by atoms with Crippen LogP contribution >= 0.6 is 0 Å². The van der Waals surface area contributed by atoms with Crippen LogP contribution in [0.2, 0.25) is 0 Å². The zero-order chi connectivity index (χ0) is 35.2. The summed E-state index contributed by atoms with van der Waals surface area (Å²) in [6.45, 7) is 14.2. The van der Waals surface area contributed by atoms with Crippen molar-refractivity contribution in [2.45, 2.75) is 139 Å². The molecule has 0 amide bonds. The van der Waals surface area contributed by atoms with Crippen molar-refractivity contribution in [3.05, 3.63) is 0 Å². The Morgan fingerprint density at radius 3 is 0.851 bits per heavy atom. The SMILES string of the molecule is CCCC(O[Si](OC)(OC)C(N)([Si](OC)(OC)OC(CCC)C1(CC)CO1)[Si](OC)(OC)OC(CCC)C1(CC)CO1)C1(CC)CO1. The van der Waals surface area contributed by atoms with Crippen molar-refractivity contribution in [2.24, 2.45) is 5.73 Å². The lowest BCUT2D eigenvalue weighted by atomic mass is 9.97. The molecule has 3 heterocycles. The largest absolute Gasteiger partial charge is 0.531 e. The maximum Gasteiger partial charge on any atom is 0.531 e. The summed E-state index contributed by atoms with van der Waals surface area (Å²) in [4.78, 5) is 0. The molecule has 3 aliphatic rings. The van der Waals surface area contributed by atoms with Crippen molar-refractivity contribution < 1.29 is 54.0 Å². The van der Waals surface area contributed by atoms with Crippen molar-refractivity contribution >= 4 is 26.4 Å². The standard InChI is InChI=1S/C31H65NO12Si3/c1-13-19-25(28(16-4)22-39-28)42-45(33-7,34-8)31(32,46(35-9,36-10)43-26(20-14-2)29(17-5)23-40-29)47(37-11,38-12)44-27(21-15-3)30(18-6)24-41-30/h25-27H,13-24,32H2,1-12H3. The molecule has 2 N–H and O–H groups in total. The van der Waals surface area contributed by atoms with E-state index < -0.39 is 65.9 Å². The summed E-state index contributed by atoms with van der Waals surface area (Å²) >= 11 is 0. The van der Waals surface area contributed by atoms with Crippen LogP contribution < -0.4 is 5.73 Å². The van der Waals surface area contributed by atoms with Crippen LogP contribution in [0.25, 0.3) is 0 Å². The lowest BCUT2D eigenvalue weighted by molar-refractivity contribution is -0.0481. The lowest BCUT2D eigenvalue weighted by Crippen LogP contribution is -2.95. The normalized spacial score (nSPS) is 29.3. The van der Waals surface area contributed by atoms with E-state index in [1.807, 2.05) is 0 Å². The Kier molecular flexibility index (Phi) is 14.7. The van der Waals surface area contributed by atoms with Gasteiger partial charge in [0.25, 0.3) is 0 Å². The van der Waals surface area contributed by atoms with Gasteiger partial charge in [0.2, 0.25) is 4.41 Å². The molecule has 0 aromatic heterocycles. The van der Waals surface area contributed by atoms with Gasteiger partial charge in [-0.3, -0.25) is 0 Å². The molecule has 0 spiro atoms. The number of rotatable bonds is 27. The molecule has 3 saturated heterocycles. The fourth-order valence-electron chi connectivity index (χ4n) is 7.11. The zero-order valence-electron chi connectivity index (χ0n) is 31.2. The van der Waals surface area contributed by atoms with E-state index in [9.17, 15) is 0 Å². The van der Waals surface area contributed by atoms with Gasteiger partial charge >= 0.3 is 26.4 Å². The molecule has 6 unspecified atom stereocenters. The quantitative estimate of drug-likeness (QED) is 0.0959. The van der Waals surface area contributed by atoms with Gasteiger partial charge in [-0.05, 0) is 38.5 Å². The van der Waals surface area contributed by atoms with E-state index in [1.54, 1.807) is 0 Å². The summed E-state index contributed by atoms with van der Waals surface area (Å²) in [6, 6.07) is 0. The van der Waals surface area contributed by atoms with E-state index in [0.29, 0.717) is 39.1 Å². The van der Waals surface area contributed by atoms with Crippen molar-refractivity contribution in [3.8, 4) is 0 Å². The van der Waals surface area contributed by atoms with Crippen LogP contribution in [0, 0.1) is 0 Å². The maximum atomic E-state index is 7.99. The number of ether oxygens (including phenoxy) is 3. The van der Waals surface area contributed by atoms with E-state index in [0.717, 1.165) is 38.5 Å². The van der Waals surface area contributed by atoms with Gasteiger partial charge in [-0.25, -0.2) is 0 Å². The van der Waals surface area contributed by atoms with Crippen molar-refractivity contribution in [1.29, 1.82) is 0 Å². The summed E-state index contributed by atoms with van der Waals surface area (Å²) in [7, 11) is -3.79. The highest BCUT2D eigenvalue weighted by Crippen LogP contribution is 2.50. The number of hydrogen-bond acceptors (Lipinski definition) is 13. The van der Waals surface area contributed by atoms with Crippen LogP contribution in [0.3, 0.4) is 0 Å². The average Bonchev–Trinajstić information content (AvgIpc) is 3.98. The number of hydrogen-bond donors (Lipinski definition) is 1. The highest BCUT2D eigenvalue weighted by atomic mass is 28.5. The second-order valence-corrected chi connectivity index (χ2v) is 23.4. The predicted octanol–water partition coefficient (Wildman–Crippen LogP) is 4.09. The minimum Gasteiger partial charge on any atom is -0.376 e. The molecule has 13 nitrogen and oxygen atoms in total. The minimum atomic E-state index is -4.33. The van der Waals surface area contributed by atoms with E-state index in [1.165, 1.54) is 42.7 Å². The van der Waals surface area contributed by atoms with Gasteiger partial charge in [0.15, 0.2) is 0 Å². The molecule has 16 heteroatoms. The molecule has 0 aliphatic carbocycles. The number of nitrogens with two attached hydrogens (primary N) is 1. The maximum absolute atomic E-state index is 7.99. The summed E-state index contributed by atoms with van der Waals surface area (Å²) < 4.78 is 76.8. The van der Waals surface area contributed by atoms with Crippen molar-refractivity contribution in [3.63, 3.8) is 0 Å². The first-order valence-electron chi connectivity index (χ1n) is 17.5. The molecule has 3 aliphatic heterocycles. The van der Waals surface area contributed by atoms with E-state index in [2.05, 4.69) is 41.5 Å². The Morgan fingerprint density at radius 1 is 0.511 bits per heavy atom. The third-order valence-electron chi connectivity index (χ3n) is 10.7.